The first-order valence-electron chi connectivity index (χ1n) is 36.5. The molecule has 0 saturated heterocycles. The molecule has 0 aliphatic carbocycles. The van der Waals surface area contributed by atoms with Gasteiger partial charge in [-0.1, -0.05) is 305 Å². The van der Waals surface area contributed by atoms with E-state index >= 15 is 0 Å². The zero-order valence-corrected chi connectivity index (χ0v) is 59.5. The normalized spacial score (nSPS) is 14.1. The molecule has 0 radical (unpaired) electrons. The van der Waals surface area contributed by atoms with Crippen LogP contribution in [-0.4, -0.2) is 96.7 Å². The van der Waals surface area contributed by atoms with Gasteiger partial charge in [0.2, 0.25) is 0 Å². The molecule has 0 aliphatic rings. The molecule has 5 atom stereocenters. The number of esters is 4. The summed E-state index contributed by atoms with van der Waals surface area (Å²) in [5.74, 6) is -0.631. The van der Waals surface area contributed by atoms with Crippen LogP contribution in [0.1, 0.15) is 356 Å². The van der Waals surface area contributed by atoms with Crippen molar-refractivity contribution in [3.8, 4) is 0 Å². The topological polar surface area (TPSA) is 237 Å². The van der Waals surface area contributed by atoms with E-state index in [0.29, 0.717) is 25.7 Å². The number of hydrogen-bond donors (Lipinski definition) is 3. The van der Waals surface area contributed by atoms with E-state index in [-0.39, 0.29) is 25.7 Å². The highest BCUT2D eigenvalue weighted by Crippen LogP contribution is 2.45. The second-order valence-electron chi connectivity index (χ2n) is 26.2. The first-order valence-corrected chi connectivity index (χ1v) is 39.5. The predicted octanol–water partition coefficient (Wildman–Crippen LogP) is 20.0. The van der Waals surface area contributed by atoms with Crippen LogP contribution in [-0.2, 0) is 65.4 Å². The van der Waals surface area contributed by atoms with Crippen LogP contribution >= 0.6 is 15.6 Å². The summed E-state index contributed by atoms with van der Waals surface area (Å²) in [5.41, 5.74) is 0. The number of hydrogen-bond acceptors (Lipinski definition) is 15. The van der Waals surface area contributed by atoms with Crippen molar-refractivity contribution >= 4 is 39.5 Å². The molecule has 0 aromatic heterocycles. The van der Waals surface area contributed by atoms with E-state index in [1.807, 2.05) is 0 Å². The number of phosphoric acid groups is 2. The van der Waals surface area contributed by atoms with Crippen LogP contribution < -0.4 is 0 Å². The van der Waals surface area contributed by atoms with E-state index in [9.17, 15) is 43.2 Å². The minimum absolute atomic E-state index is 0.107. The molecular formula is C70H136O17P2. The van der Waals surface area contributed by atoms with E-state index < -0.39 is 97.5 Å². The highest BCUT2D eigenvalue weighted by Gasteiger charge is 2.30. The van der Waals surface area contributed by atoms with E-state index in [0.717, 1.165) is 102 Å². The van der Waals surface area contributed by atoms with Crippen LogP contribution in [0.5, 0.6) is 0 Å². The Labute approximate surface area is 543 Å². The SMILES string of the molecule is CCCCCCCCCCCCCCC(=O)OC[C@H](COP(=O)(O)OC[C@@H](O)COP(=O)(O)OC[C@@H](COC(=O)CCCCCCCCCCC(C)C)OC(=O)CCCCCCCCCCCCCC)OC(=O)CCCCCCCCCCCCCC(C)C. The lowest BCUT2D eigenvalue weighted by Gasteiger charge is -2.21. The van der Waals surface area contributed by atoms with Crippen molar-refractivity contribution in [3.63, 3.8) is 0 Å². The van der Waals surface area contributed by atoms with Gasteiger partial charge in [0, 0.05) is 25.7 Å². The lowest BCUT2D eigenvalue weighted by molar-refractivity contribution is -0.161. The van der Waals surface area contributed by atoms with Gasteiger partial charge in [0.25, 0.3) is 0 Å². The number of rotatable bonds is 69. The Morgan fingerprint density at radius 2 is 0.517 bits per heavy atom. The van der Waals surface area contributed by atoms with Gasteiger partial charge in [-0.15, -0.1) is 0 Å². The Morgan fingerprint density at radius 3 is 0.764 bits per heavy atom. The molecule has 0 fully saturated rings. The van der Waals surface area contributed by atoms with Crippen LogP contribution in [0.15, 0.2) is 0 Å². The first-order chi connectivity index (χ1) is 42.9. The van der Waals surface area contributed by atoms with Gasteiger partial charge < -0.3 is 33.8 Å². The Hall–Kier alpha value is -1.94. The number of ether oxygens (including phenoxy) is 4. The minimum atomic E-state index is -4.95. The second-order valence-corrected chi connectivity index (χ2v) is 29.1. The zero-order valence-electron chi connectivity index (χ0n) is 57.7. The summed E-state index contributed by atoms with van der Waals surface area (Å²) in [6.07, 6.45) is 47.0. The molecule has 0 heterocycles. The van der Waals surface area contributed by atoms with Gasteiger partial charge in [-0.3, -0.25) is 37.3 Å². The van der Waals surface area contributed by atoms with Crippen LogP contribution in [0.3, 0.4) is 0 Å². The fourth-order valence-electron chi connectivity index (χ4n) is 10.6. The Balaban J connectivity index is 5.26. The Bertz CT molecular complexity index is 1730. The van der Waals surface area contributed by atoms with Gasteiger partial charge in [0.1, 0.15) is 19.3 Å². The fraction of sp³-hybridized carbons (Fsp3) is 0.943. The zero-order chi connectivity index (χ0) is 65.7. The molecule has 17 nitrogen and oxygen atoms in total. The maximum absolute atomic E-state index is 13.0. The van der Waals surface area contributed by atoms with Crippen molar-refractivity contribution in [1.82, 2.24) is 0 Å². The molecule has 0 saturated carbocycles. The molecule has 0 aromatic rings. The quantitative estimate of drug-likeness (QED) is 0.0222. The summed E-state index contributed by atoms with van der Waals surface area (Å²) in [7, 11) is -9.90. The highest BCUT2D eigenvalue weighted by molar-refractivity contribution is 7.47. The largest absolute Gasteiger partial charge is 0.472 e. The smallest absolute Gasteiger partial charge is 0.462 e. The third kappa shape index (κ3) is 64.6. The number of carbonyl (C=O) groups excluding carboxylic acids is 4. The van der Waals surface area contributed by atoms with Gasteiger partial charge in [0.15, 0.2) is 12.2 Å². The lowest BCUT2D eigenvalue weighted by Crippen LogP contribution is -2.30. The van der Waals surface area contributed by atoms with Crippen molar-refractivity contribution in [2.75, 3.05) is 39.6 Å². The first kappa shape index (κ1) is 87.1. The van der Waals surface area contributed by atoms with Crippen LogP contribution in [0.4, 0.5) is 0 Å². The molecule has 528 valence electrons. The number of unbranched alkanes of at least 4 members (excludes halogenated alkanes) is 39. The summed E-state index contributed by atoms with van der Waals surface area (Å²) < 4.78 is 68.3. The van der Waals surface area contributed by atoms with Crippen molar-refractivity contribution < 1.29 is 80.2 Å². The Kier molecular flexibility index (Phi) is 60.8. The highest BCUT2D eigenvalue weighted by atomic mass is 31.2. The monoisotopic (exact) mass is 1310 g/mol. The summed E-state index contributed by atoms with van der Waals surface area (Å²) >= 11 is 0. The number of phosphoric ester groups is 2. The average molecular weight is 1310 g/mol. The fourth-order valence-corrected chi connectivity index (χ4v) is 12.2. The van der Waals surface area contributed by atoms with Crippen LogP contribution in [0, 0.1) is 11.8 Å². The number of carbonyl (C=O) groups is 4. The summed E-state index contributed by atoms with van der Waals surface area (Å²) in [6.45, 7) is 9.52. The lowest BCUT2D eigenvalue weighted by atomic mass is 10.0. The standard InChI is InChI=1S/C70H136O17P2/c1-7-9-11-13-15-17-19-23-27-34-40-46-52-67(72)80-58-65(86-70(75)55-49-43-37-29-25-21-22-26-32-38-44-50-62(3)4)60-84-88(76,77)82-56-64(71)57-83-89(78,79)85-61-66(59-81-68(73)53-47-41-35-31-30-33-39-45-51-63(5)6)87-69(74)54-48-42-36-28-24-20-18-16-14-12-10-8-2/h62-66,71H,7-61H2,1-6H3,(H,76,77)(H,78,79)/t64-,65-,66-/m1/s1. The molecule has 0 rings (SSSR count). The van der Waals surface area contributed by atoms with Crippen molar-refractivity contribution in [2.24, 2.45) is 11.8 Å². The molecule has 89 heavy (non-hydrogen) atoms. The van der Waals surface area contributed by atoms with E-state index in [1.54, 1.807) is 0 Å². The van der Waals surface area contributed by atoms with Crippen molar-refractivity contribution in [1.29, 1.82) is 0 Å². The molecule has 0 aromatic carbocycles. The summed E-state index contributed by atoms with van der Waals surface area (Å²) in [6, 6.07) is 0. The molecule has 3 N–H and O–H groups in total. The number of aliphatic hydroxyl groups excluding tert-OH is 1. The summed E-state index contributed by atoms with van der Waals surface area (Å²) in [5, 5.41) is 10.6. The molecule has 0 amide bonds. The molecule has 0 bridgehead atoms. The average Bonchev–Trinajstić information content (AvgIpc) is 3.53. The maximum atomic E-state index is 13.0. The van der Waals surface area contributed by atoms with E-state index in [4.69, 9.17) is 37.0 Å². The molecule has 19 heteroatoms. The molecule has 0 spiro atoms. The molecular weight excluding hydrogens is 1170 g/mol. The van der Waals surface area contributed by atoms with Gasteiger partial charge in [-0.2, -0.15) is 0 Å². The van der Waals surface area contributed by atoms with Crippen LogP contribution in [0.25, 0.3) is 0 Å². The summed E-state index contributed by atoms with van der Waals surface area (Å²) in [4.78, 5) is 72.5. The molecule has 0 aliphatic heterocycles. The molecule has 2 unspecified atom stereocenters. The van der Waals surface area contributed by atoms with Crippen molar-refractivity contribution in [2.45, 2.75) is 374 Å². The van der Waals surface area contributed by atoms with Gasteiger partial charge in [0.05, 0.1) is 26.4 Å². The van der Waals surface area contributed by atoms with E-state index in [2.05, 4.69) is 41.5 Å². The van der Waals surface area contributed by atoms with E-state index in [1.165, 1.54) is 173 Å². The third-order valence-electron chi connectivity index (χ3n) is 16.2. The van der Waals surface area contributed by atoms with Gasteiger partial charge in [-0.05, 0) is 37.5 Å². The predicted molar refractivity (Wildman–Crippen MR) is 358 cm³/mol. The van der Waals surface area contributed by atoms with Gasteiger partial charge >= 0.3 is 39.5 Å². The van der Waals surface area contributed by atoms with Gasteiger partial charge in [-0.25, -0.2) is 9.13 Å². The maximum Gasteiger partial charge on any atom is 0.472 e. The number of aliphatic hydroxyl groups is 1. The van der Waals surface area contributed by atoms with Crippen molar-refractivity contribution in [3.05, 3.63) is 0 Å². The third-order valence-corrected chi connectivity index (χ3v) is 18.1. The second kappa shape index (κ2) is 62.2. The Morgan fingerprint density at radius 1 is 0.303 bits per heavy atom. The van der Waals surface area contributed by atoms with Crippen LogP contribution in [0.2, 0.25) is 0 Å². The minimum Gasteiger partial charge on any atom is -0.462 e.